The fraction of sp³-hybridized carbons (Fsp3) is 0.400. The van der Waals surface area contributed by atoms with Gasteiger partial charge in [0.25, 0.3) is 5.91 Å². The van der Waals surface area contributed by atoms with Crippen molar-refractivity contribution in [1.82, 2.24) is 10.2 Å². The lowest BCUT2D eigenvalue weighted by Gasteiger charge is -2.32. The van der Waals surface area contributed by atoms with Gasteiger partial charge in [-0.3, -0.25) is 14.4 Å². The Morgan fingerprint density at radius 2 is 1.72 bits per heavy atom. The Bertz CT molecular complexity index is 937. The maximum Gasteiger partial charge on any atom is 0.251 e. The van der Waals surface area contributed by atoms with Crippen LogP contribution in [0.5, 0.6) is 11.5 Å². The molecule has 0 bridgehead atoms. The highest BCUT2D eigenvalue weighted by Crippen LogP contribution is 2.28. The van der Waals surface area contributed by atoms with E-state index in [0.717, 1.165) is 12.8 Å². The number of methoxy groups -OCH3 is 1. The molecule has 0 aliphatic carbocycles. The average molecular weight is 439 g/mol. The van der Waals surface area contributed by atoms with Gasteiger partial charge in [0.2, 0.25) is 5.91 Å². The van der Waals surface area contributed by atoms with E-state index in [-0.39, 0.29) is 23.6 Å². The summed E-state index contributed by atoms with van der Waals surface area (Å²) in [6.45, 7) is 3.16. The summed E-state index contributed by atoms with van der Waals surface area (Å²) < 4.78 is 11.0. The molecule has 32 heavy (non-hydrogen) atoms. The van der Waals surface area contributed by atoms with E-state index in [0.29, 0.717) is 55.2 Å². The second kappa shape index (κ2) is 11.3. The molecule has 0 aromatic heterocycles. The van der Waals surface area contributed by atoms with E-state index in [9.17, 15) is 14.4 Å². The monoisotopic (exact) mass is 438 g/mol. The van der Waals surface area contributed by atoms with Gasteiger partial charge in [0.1, 0.15) is 0 Å². The summed E-state index contributed by atoms with van der Waals surface area (Å²) in [5, 5.41) is 3.06. The number of amides is 2. The van der Waals surface area contributed by atoms with Gasteiger partial charge in [-0.2, -0.15) is 0 Å². The SMILES string of the molecule is COc1cc(C(C)=O)ccc1OCCCC(=O)N1CCC(NC(=O)c2ccccc2)CC1. The molecule has 1 aliphatic rings. The Kier molecular flexibility index (Phi) is 8.25. The largest absolute Gasteiger partial charge is 0.493 e. The van der Waals surface area contributed by atoms with Crippen LogP contribution in [0.4, 0.5) is 0 Å². The van der Waals surface area contributed by atoms with Gasteiger partial charge in [-0.05, 0) is 56.5 Å². The van der Waals surface area contributed by atoms with Crippen molar-refractivity contribution in [2.75, 3.05) is 26.8 Å². The van der Waals surface area contributed by atoms with Crippen LogP contribution in [-0.2, 0) is 4.79 Å². The Hall–Kier alpha value is -3.35. The molecule has 0 spiro atoms. The second-order valence-corrected chi connectivity index (χ2v) is 7.87. The van der Waals surface area contributed by atoms with Gasteiger partial charge in [0.05, 0.1) is 13.7 Å². The first kappa shape index (κ1) is 23.3. The number of piperidine rings is 1. The number of benzene rings is 2. The van der Waals surface area contributed by atoms with Crippen LogP contribution in [0.3, 0.4) is 0 Å². The van der Waals surface area contributed by atoms with Gasteiger partial charge >= 0.3 is 0 Å². The van der Waals surface area contributed by atoms with Gasteiger partial charge in [0.15, 0.2) is 17.3 Å². The summed E-state index contributed by atoms with van der Waals surface area (Å²) in [4.78, 5) is 38.2. The van der Waals surface area contributed by atoms with E-state index in [1.54, 1.807) is 30.3 Å². The van der Waals surface area contributed by atoms with Crippen LogP contribution < -0.4 is 14.8 Å². The molecule has 3 rings (SSSR count). The minimum atomic E-state index is -0.0701. The summed E-state index contributed by atoms with van der Waals surface area (Å²) in [5.74, 6) is 1.05. The predicted octanol–water partition coefficient (Wildman–Crippen LogP) is 3.48. The second-order valence-electron chi connectivity index (χ2n) is 7.87. The maximum atomic E-state index is 12.5. The lowest BCUT2D eigenvalue weighted by molar-refractivity contribution is -0.132. The fourth-order valence-corrected chi connectivity index (χ4v) is 3.70. The molecule has 0 atom stereocenters. The van der Waals surface area contributed by atoms with E-state index in [4.69, 9.17) is 9.47 Å². The summed E-state index contributed by atoms with van der Waals surface area (Å²) in [5.41, 5.74) is 1.21. The number of nitrogens with zero attached hydrogens (tertiary/aromatic N) is 1. The normalized spacial score (nSPS) is 14.0. The highest BCUT2D eigenvalue weighted by molar-refractivity contribution is 5.95. The minimum absolute atomic E-state index is 0.0381. The van der Waals surface area contributed by atoms with Crippen LogP contribution in [0.2, 0.25) is 0 Å². The third kappa shape index (κ3) is 6.33. The molecule has 1 aliphatic heterocycles. The van der Waals surface area contributed by atoms with Gasteiger partial charge in [-0.1, -0.05) is 18.2 Å². The summed E-state index contributed by atoms with van der Waals surface area (Å²) in [6, 6.07) is 14.3. The molecule has 1 fully saturated rings. The van der Waals surface area contributed by atoms with Crippen LogP contribution in [0.1, 0.15) is 53.3 Å². The molecule has 2 aromatic rings. The molecule has 7 heteroatoms. The highest BCUT2D eigenvalue weighted by Gasteiger charge is 2.24. The smallest absolute Gasteiger partial charge is 0.251 e. The van der Waals surface area contributed by atoms with E-state index in [1.807, 2.05) is 23.1 Å². The zero-order valence-electron chi connectivity index (χ0n) is 18.6. The molecule has 0 unspecified atom stereocenters. The molecular formula is C25H30N2O5. The van der Waals surface area contributed by atoms with Gasteiger partial charge in [-0.15, -0.1) is 0 Å². The van der Waals surface area contributed by atoms with Crippen molar-refractivity contribution in [2.45, 2.75) is 38.6 Å². The molecule has 1 heterocycles. The number of ether oxygens (including phenoxy) is 2. The Morgan fingerprint density at radius 1 is 1.00 bits per heavy atom. The van der Waals surface area contributed by atoms with Crippen LogP contribution in [0.25, 0.3) is 0 Å². The van der Waals surface area contributed by atoms with E-state index in [2.05, 4.69) is 5.32 Å². The number of ketones is 1. The maximum absolute atomic E-state index is 12.5. The van der Waals surface area contributed by atoms with Crippen molar-refractivity contribution in [3.8, 4) is 11.5 Å². The first-order chi connectivity index (χ1) is 15.5. The zero-order valence-corrected chi connectivity index (χ0v) is 18.6. The third-order valence-corrected chi connectivity index (χ3v) is 5.58. The van der Waals surface area contributed by atoms with Crippen molar-refractivity contribution in [3.63, 3.8) is 0 Å². The fourth-order valence-electron chi connectivity index (χ4n) is 3.70. The number of carbonyl (C=O) groups excluding carboxylic acids is 3. The molecular weight excluding hydrogens is 408 g/mol. The van der Waals surface area contributed by atoms with Gasteiger partial charge in [-0.25, -0.2) is 0 Å². The lowest BCUT2D eigenvalue weighted by Crippen LogP contribution is -2.46. The molecule has 7 nitrogen and oxygen atoms in total. The molecule has 1 N–H and O–H groups in total. The van der Waals surface area contributed by atoms with Gasteiger partial charge in [0, 0.05) is 36.7 Å². The van der Waals surface area contributed by atoms with Crippen LogP contribution in [0.15, 0.2) is 48.5 Å². The number of hydrogen-bond acceptors (Lipinski definition) is 5. The molecule has 170 valence electrons. The lowest BCUT2D eigenvalue weighted by atomic mass is 10.0. The Morgan fingerprint density at radius 3 is 2.38 bits per heavy atom. The van der Waals surface area contributed by atoms with E-state index < -0.39 is 0 Å². The quantitative estimate of drug-likeness (QED) is 0.479. The standard InChI is InChI=1S/C25H30N2O5/c1-18(28)20-10-11-22(23(17-20)31-2)32-16-6-9-24(29)27-14-12-21(13-15-27)26-25(30)19-7-4-3-5-8-19/h3-5,7-8,10-11,17,21H,6,9,12-16H2,1-2H3,(H,26,30). The zero-order chi connectivity index (χ0) is 22.9. The molecule has 1 saturated heterocycles. The Labute approximate surface area is 188 Å². The van der Waals surface area contributed by atoms with Crippen molar-refractivity contribution in [1.29, 1.82) is 0 Å². The predicted molar refractivity (Wildman–Crippen MR) is 121 cm³/mol. The van der Waals surface area contributed by atoms with Crippen molar-refractivity contribution >= 4 is 17.6 Å². The minimum Gasteiger partial charge on any atom is -0.493 e. The Balaban J connectivity index is 1.37. The third-order valence-electron chi connectivity index (χ3n) is 5.58. The first-order valence-corrected chi connectivity index (χ1v) is 10.9. The number of rotatable bonds is 9. The number of hydrogen-bond donors (Lipinski definition) is 1. The van der Waals surface area contributed by atoms with E-state index >= 15 is 0 Å². The van der Waals surface area contributed by atoms with Crippen molar-refractivity contribution in [3.05, 3.63) is 59.7 Å². The molecule has 2 amide bonds. The number of nitrogens with one attached hydrogen (secondary N) is 1. The van der Waals surface area contributed by atoms with Crippen molar-refractivity contribution < 1.29 is 23.9 Å². The summed E-state index contributed by atoms with van der Waals surface area (Å²) in [6.07, 6.45) is 2.48. The molecule has 0 saturated carbocycles. The van der Waals surface area contributed by atoms with Crippen molar-refractivity contribution in [2.24, 2.45) is 0 Å². The summed E-state index contributed by atoms with van der Waals surface area (Å²) in [7, 11) is 1.53. The average Bonchev–Trinajstić information content (AvgIpc) is 2.82. The highest BCUT2D eigenvalue weighted by atomic mass is 16.5. The molecule has 0 radical (unpaired) electrons. The molecule has 2 aromatic carbocycles. The summed E-state index contributed by atoms with van der Waals surface area (Å²) >= 11 is 0. The topological polar surface area (TPSA) is 84.9 Å². The number of carbonyl (C=O) groups is 3. The van der Waals surface area contributed by atoms with E-state index in [1.165, 1.54) is 14.0 Å². The van der Waals surface area contributed by atoms with Gasteiger partial charge < -0.3 is 19.7 Å². The van der Waals surface area contributed by atoms with Crippen LogP contribution >= 0.6 is 0 Å². The first-order valence-electron chi connectivity index (χ1n) is 10.9. The van der Waals surface area contributed by atoms with Crippen LogP contribution in [-0.4, -0.2) is 55.3 Å². The van der Waals surface area contributed by atoms with Crippen LogP contribution in [0, 0.1) is 0 Å². The number of Topliss-reactive ketones (excluding diaryl/α,β-unsaturated/α-hetero) is 1. The number of likely N-dealkylation sites (tertiary alicyclic amines) is 1.